The molecule has 0 aromatic heterocycles. The zero-order chi connectivity index (χ0) is 47.2. The van der Waals surface area contributed by atoms with Crippen LogP contribution in [0.2, 0.25) is 0 Å². The third-order valence-corrected chi connectivity index (χ3v) is 10.4. The van der Waals surface area contributed by atoms with Gasteiger partial charge in [0.1, 0.15) is 13.2 Å². The van der Waals surface area contributed by atoms with Gasteiger partial charge in [0.15, 0.2) is 6.10 Å². The van der Waals surface area contributed by atoms with Crippen molar-refractivity contribution in [3.63, 3.8) is 0 Å². The number of ether oxygens (including phenoxy) is 3. The van der Waals surface area contributed by atoms with Gasteiger partial charge in [-0.1, -0.05) is 200 Å². The van der Waals surface area contributed by atoms with Crippen molar-refractivity contribution in [2.45, 2.75) is 219 Å². The van der Waals surface area contributed by atoms with E-state index >= 15 is 0 Å². The molecular weight excluding hydrogens is 805 g/mol. The van der Waals surface area contributed by atoms with E-state index in [1.807, 2.05) is 12.2 Å². The molecule has 0 radical (unpaired) electrons. The van der Waals surface area contributed by atoms with Crippen molar-refractivity contribution in [2.24, 2.45) is 0 Å². The van der Waals surface area contributed by atoms with Gasteiger partial charge in [0.25, 0.3) is 0 Å². The smallest absolute Gasteiger partial charge is 0.306 e. The summed E-state index contributed by atoms with van der Waals surface area (Å²) in [5.41, 5.74) is 0. The number of rotatable bonds is 45. The predicted octanol–water partition coefficient (Wildman–Crippen LogP) is 17.3. The zero-order valence-electron chi connectivity index (χ0n) is 41.7. The van der Waals surface area contributed by atoms with Gasteiger partial charge in [-0.05, 0) is 116 Å². The summed E-state index contributed by atoms with van der Waals surface area (Å²) in [5, 5.41) is 0. The molecule has 0 unspecified atom stereocenters. The quantitative estimate of drug-likeness (QED) is 0.0262. The summed E-state index contributed by atoms with van der Waals surface area (Å²) >= 11 is 0. The first-order valence-electron chi connectivity index (χ1n) is 26.0. The summed E-state index contributed by atoms with van der Waals surface area (Å²) in [6.07, 6.45) is 71.9. The maximum Gasteiger partial charge on any atom is 0.306 e. The highest BCUT2D eigenvalue weighted by molar-refractivity contribution is 5.71. The third-order valence-electron chi connectivity index (χ3n) is 10.4. The SMILES string of the molecule is CC/C=C\C/C=C\C/C=C\C/C=C\C/C=C\C/C=C\CCC(=O)OC[C@H](COC(=O)CCCCCC/C=C\C/C=C\C/C=C\CCCCC)OC(=O)CCCCCCC/C=C\CCCC. The fourth-order valence-electron chi connectivity index (χ4n) is 6.51. The van der Waals surface area contributed by atoms with Crippen LogP contribution in [-0.2, 0) is 28.6 Å². The summed E-state index contributed by atoms with van der Waals surface area (Å²) in [4.78, 5) is 37.9. The molecule has 65 heavy (non-hydrogen) atoms. The number of esters is 3. The highest BCUT2D eigenvalue weighted by Crippen LogP contribution is 2.12. The van der Waals surface area contributed by atoms with E-state index in [2.05, 4.69) is 130 Å². The topological polar surface area (TPSA) is 78.9 Å². The van der Waals surface area contributed by atoms with Crippen LogP contribution >= 0.6 is 0 Å². The van der Waals surface area contributed by atoms with Crippen LogP contribution in [0.15, 0.2) is 122 Å². The van der Waals surface area contributed by atoms with Gasteiger partial charge in [-0.2, -0.15) is 0 Å². The Morgan fingerprint density at radius 1 is 0.323 bits per heavy atom. The number of hydrogen-bond acceptors (Lipinski definition) is 6. The lowest BCUT2D eigenvalue weighted by atomic mass is 10.1. The first-order chi connectivity index (χ1) is 32.0. The maximum atomic E-state index is 12.8. The summed E-state index contributed by atoms with van der Waals surface area (Å²) in [5.74, 6) is -1.05. The minimum Gasteiger partial charge on any atom is -0.462 e. The molecule has 0 aliphatic heterocycles. The highest BCUT2D eigenvalue weighted by Gasteiger charge is 2.19. The first kappa shape index (κ1) is 60.8. The lowest BCUT2D eigenvalue weighted by Crippen LogP contribution is -2.30. The van der Waals surface area contributed by atoms with Crippen LogP contribution in [0.5, 0.6) is 0 Å². The molecule has 0 heterocycles. The Morgan fingerprint density at radius 3 is 1.09 bits per heavy atom. The van der Waals surface area contributed by atoms with E-state index in [4.69, 9.17) is 14.2 Å². The van der Waals surface area contributed by atoms with Crippen molar-refractivity contribution < 1.29 is 28.6 Å². The second-order valence-corrected chi connectivity index (χ2v) is 16.7. The molecule has 6 nitrogen and oxygen atoms in total. The molecule has 6 heteroatoms. The Labute approximate surface area is 399 Å². The molecule has 0 aliphatic rings. The van der Waals surface area contributed by atoms with Crippen LogP contribution in [-0.4, -0.2) is 37.2 Å². The molecule has 0 rings (SSSR count). The largest absolute Gasteiger partial charge is 0.462 e. The van der Waals surface area contributed by atoms with E-state index in [-0.39, 0.29) is 37.5 Å². The van der Waals surface area contributed by atoms with Gasteiger partial charge in [0.2, 0.25) is 0 Å². The summed E-state index contributed by atoms with van der Waals surface area (Å²) in [7, 11) is 0. The van der Waals surface area contributed by atoms with Gasteiger partial charge in [0.05, 0.1) is 0 Å². The van der Waals surface area contributed by atoms with Crippen LogP contribution in [0.25, 0.3) is 0 Å². The molecule has 0 aromatic rings. The Morgan fingerprint density at radius 2 is 0.646 bits per heavy atom. The normalized spacial score (nSPS) is 13.1. The number of unbranched alkanes of at least 4 members (excludes halogenated alkanes) is 14. The molecule has 0 aromatic carbocycles. The molecular formula is C59H94O6. The van der Waals surface area contributed by atoms with Crippen molar-refractivity contribution in [2.75, 3.05) is 13.2 Å². The van der Waals surface area contributed by atoms with Crippen molar-refractivity contribution in [1.29, 1.82) is 0 Å². The number of allylic oxidation sites excluding steroid dienone is 20. The minimum absolute atomic E-state index is 0.120. The van der Waals surface area contributed by atoms with Crippen molar-refractivity contribution in [3.8, 4) is 0 Å². The summed E-state index contributed by atoms with van der Waals surface area (Å²) in [6, 6.07) is 0. The summed E-state index contributed by atoms with van der Waals surface area (Å²) < 4.78 is 16.7. The average Bonchev–Trinajstić information content (AvgIpc) is 3.30. The molecule has 0 bridgehead atoms. The third kappa shape index (κ3) is 50.7. The first-order valence-corrected chi connectivity index (χ1v) is 26.0. The molecule has 0 N–H and O–H groups in total. The number of hydrogen-bond donors (Lipinski definition) is 0. The molecule has 1 atom stereocenters. The molecule has 0 fully saturated rings. The van der Waals surface area contributed by atoms with E-state index < -0.39 is 6.10 Å². The van der Waals surface area contributed by atoms with Crippen LogP contribution < -0.4 is 0 Å². The summed E-state index contributed by atoms with van der Waals surface area (Å²) in [6.45, 7) is 6.34. The number of carbonyl (C=O) groups excluding carboxylic acids is 3. The lowest BCUT2D eigenvalue weighted by Gasteiger charge is -2.18. The van der Waals surface area contributed by atoms with Crippen molar-refractivity contribution in [3.05, 3.63) is 122 Å². The molecule has 0 saturated heterocycles. The Kier molecular flexibility index (Phi) is 49.1. The molecule has 0 spiro atoms. The minimum atomic E-state index is -0.825. The van der Waals surface area contributed by atoms with Crippen LogP contribution in [0, 0.1) is 0 Å². The van der Waals surface area contributed by atoms with Gasteiger partial charge in [-0.25, -0.2) is 0 Å². The van der Waals surface area contributed by atoms with Crippen molar-refractivity contribution in [1.82, 2.24) is 0 Å². The Bertz CT molecular complexity index is 1400. The van der Waals surface area contributed by atoms with Gasteiger partial charge < -0.3 is 14.2 Å². The van der Waals surface area contributed by atoms with Gasteiger partial charge >= 0.3 is 17.9 Å². The Balaban J connectivity index is 4.53. The van der Waals surface area contributed by atoms with E-state index in [9.17, 15) is 14.4 Å². The van der Waals surface area contributed by atoms with Gasteiger partial charge in [0, 0.05) is 19.3 Å². The maximum absolute atomic E-state index is 12.8. The van der Waals surface area contributed by atoms with Gasteiger partial charge in [-0.3, -0.25) is 14.4 Å². The zero-order valence-corrected chi connectivity index (χ0v) is 41.7. The fourth-order valence-corrected chi connectivity index (χ4v) is 6.51. The van der Waals surface area contributed by atoms with E-state index in [0.717, 1.165) is 122 Å². The second-order valence-electron chi connectivity index (χ2n) is 16.7. The second kappa shape index (κ2) is 52.4. The van der Waals surface area contributed by atoms with E-state index in [1.165, 1.54) is 44.9 Å². The standard InChI is InChI=1S/C59H94O6/c1-4-7-10-13-16-19-22-24-26-28-29-31-33-35-38-40-43-46-49-52-58(61)64-55-56(65-59(62)53-50-47-44-41-36-21-18-15-12-9-6-3)54-63-57(60)51-48-45-42-39-37-34-32-30-27-25-23-20-17-14-11-8-5-2/h7,10,15-20,24-27,29,31-32,34-35,38,43,46,56H,4-6,8-9,11-14,21-23,28,30,33,36-37,39-42,44-45,47-55H2,1-3H3/b10-7-,18-15-,19-16-,20-17-,26-24-,27-25-,31-29-,34-32-,38-35-,46-43-/t56-/m0/s1. The van der Waals surface area contributed by atoms with Crippen LogP contribution in [0.4, 0.5) is 0 Å². The fraction of sp³-hybridized carbons (Fsp3) is 0.610. The van der Waals surface area contributed by atoms with E-state index in [1.54, 1.807) is 0 Å². The molecule has 0 aliphatic carbocycles. The molecule has 0 amide bonds. The van der Waals surface area contributed by atoms with E-state index in [0.29, 0.717) is 19.3 Å². The van der Waals surface area contributed by atoms with Crippen LogP contribution in [0.3, 0.4) is 0 Å². The predicted molar refractivity (Wildman–Crippen MR) is 279 cm³/mol. The lowest BCUT2D eigenvalue weighted by molar-refractivity contribution is -0.166. The highest BCUT2D eigenvalue weighted by atomic mass is 16.6. The monoisotopic (exact) mass is 899 g/mol. The average molecular weight is 899 g/mol. The number of carbonyl (C=O) groups is 3. The van der Waals surface area contributed by atoms with Crippen LogP contribution in [0.1, 0.15) is 213 Å². The van der Waals surface area contributed by atoms with Gasteiger partial charge in [-0.15, -0.1) is 0 Å². The van der Waals surface area contributed by atoms with Crippen molar-refractivity contribution >= 4 is 17.9 Å². The molecule has 0 saturated carbocycles. The Hall–Kier alpha value is -4.19. The molecule has 366 valence electrons.